The van der Waals surface area contributed by atoms with Crippen LogP contribution in [-0.2, 0) is 16.0 Å². The van der Waals surface area contributed by atoms with Crippen molar-refractivity contribution < 1.29 is 9.53 Å². The lowest BCUT2D eigenvalue weighted by atomic mass is 10.1. The van der Waals surface area contributed by atoms with Gasteiger partial charge in [0.15, 0.2) is 12.3 Å². The average Bonchev–Trinajstić information content (AvgIpc) is 3.11. The summed E-state index contributed by atoms with van der Waals surface area (Å²) in [6, 6.07) is 12.2. The predicted octanol–water partition coefficient (Wildman–Crippen LogP) is 1.82. The van der Waals surface area contributed by atoms with Crippen molar-refractivity contribution >= 4 is 11.7 Å². The minimum atomic E-state index is -0.602. The molecule has 0 radical (unpaired) electrons. The molecule has 126 valence electrons. The molecule has 3 heterocycles. The van der Waals surface area contributed by atoms with Crippen LogP contribution in [0, 0.1) is 11.5 Å². The highest BCUT2D eigenvalue weighted by molar-refractivity contribution is 5.98. The second-order valence-electron chi connectivity index (χ2n) is 6.22. The van der Waals surface area contributed by atoms with E-state index in [1.54, 1.807) is 9.80 Å². The van der Waals surface area contributed by atoms with Crippen molar-refractivity contribution in [2.24, 2.45) is 0 Å². The number of nitrogens with zero attached hydrogens (tertiary/aromatic N) is 4. The summed E-state index contributed by atoms with van der Waals surface area (Å²) < 4.78 is 5.58. The quantitative estimate of drug-likeness (QED) is 0.784. The molecule has 2 aliphatic heterocycles. The number of pyridine rings is 1. The fourth-order valence-corrected chi connectivity index (χ4v) is 3.33. The van der Waals surface area contributed by atoms with E-state index in [-0.39, 0.29) is 5.91 Å². The van der Waals surface area contributed by atoms with E-state index < -0.39 is 6.10 Å². The fraction of sp³-hybridized carbons (Fsp3) is 0.316. The van der Waals surface area contributed by atoms with Crippen LogP contribution >= 0.6 is 0 Å². The topological polar surface area (TPSA) is 69.5 Å². The Labute approximate surface area is 146 Å². The Kier molecular flexibility index (Phi) is 4.08. The smallest absolute Gasteiger partial charge is 0.259 e. The molecule has 0 spiro atoms. The van der Waals surface area contributed by atoms with E-state index >= 15 is 0 Å². The van der Waals surface area contributed by atoms with Gasteiger partial charge >= 0.3 is 0 Å². The van der Waals surface area contributed by atoms with Crippen molar-refractivity contribution in [3.63, 3.8) is 0 Å². The number of nitriles is 1. The summed E-state index contributed by atoms with van der Waals surface area (Å²) in [5.41, 5.74) is 3.24. The third-order valence-electron chi connectivity index (χ3n) is 4.66. The van der Waals surface area contributed by atoms with Gasteiger partial charge in [-0.25, -0.2) is 4.98 Å². The number of amides is 1. The second kappa shape index (κ2) is 6.54. The number of rotatable bonds is 2. The van der Waals surface area contributed by atoms with E-state index in [2.05, 4.69) is 17.2 Å². The van der Waals surface area contributed by atoms with Gasteiger partial charge in [-0.15, -0.1) is 0 Å². The molecule has 1 aromatic heterocycles. The molecule has 6 heteroatoms. The zero-order valence-corrected chi connectivity index (χ0v) is 13.8. The molecule has 6 nitrogen and oxygen atoms in total. The minimum absolute atomic E-state index is 0.112. The summed E-state index contributed by atoms with van der Waals surface area (Å²) in [6.07, 6.45) is 4.08. The second-order valence-corrected chi connectivity index (χ2v) is 6.22. The van der Waals surface area contributed by atoms with E-state index in [0.29, 0.717) is 32.1 Å². The number of fused-ring (bicyclic) bond motifs is 1. The number of hydrogen-bond acceptors (Lipinski definition) is 5. The zero-order chi connectivity index (χ0) is 17.2. The van der Waals surface area contributed by atoms with Crippen LogP contribution < -0.4 is 4.90 Å². The Balaban J connectivity index is 1.56. The molecule has 1 saturated heterocycles. The monoisotopic (exact) mass is 334 g/mol. The summed E-state index contributed by atoms with van der Waals surface area (Å²) in [7, 11) is 0. The third-order valence-corrected chi connectivity index (χ3v) is 4.66. The van der Waals surface area contributed by atoms with Gasteiger partial charge in [-0.05, 0) is 23.6 Å². The number of morpholine rings is 1. The van der Waals surface area contributed by atoms with E-state index in [1.807, 2.05) is 36.5 Å². The van der Waals surface area contributed by atoms with Gasteiger partial charge in [0.25, 0.3) is 5.91 Å². The maximum atomic E-state index is 12.8. The molecule has 25 heavy (non-hydrogen) atoms. The molecule has 4 rings (SSSR count). The molecule has 0 aliphatic carbocycles. The van der Waals surface area contributed by atoms with Crippen LogP contribution in [0.15, 0.2) is 42.6 Å². The normalized spacial score (nSPS) is 19.4. The van der Waals surface area contributed by atoms with Crippen molar-refractivity contribution in [2.45, 2.75) is 12.5 Å². The van der Waals surface area contributed by atoms with Crippen molar-refractivity contribution in [2.75, 3.05) is 31.1 Å². The maximum absolute atomic E-state index is 12.8. The number of benzene rings is 1. The summed E-state index contributed by atoms with van der Waals surface area (Å²) in [5, 5.41) is 9.04. The number of hydrogen-bond donors (Lipinski definition) is 0. The predicted molar refractivity (Wildman–Crippen MR) is 92.7 cm³/mol. The van der Waals surface area contributed by atoms with Crippen LogP contribution in [0.4, 0.5) is 5.82 Å². The average molecular weight is 334 g/mol. The Bertz CT molecular complexity index is 831. The number of aromatic nitrogens is 1. The van der Waals surface area contributed by atoms with Crippen LogP contribution in [0.5, 0.6) is 0 Å². The number of ether oxygens (including phenoxy) is 1. The van der Waals surface area contributed by atoms with Crippen LogP contribution in [0.3, 0.4) is 0 Å². The lowest BCUT2D eigenvalue weighted by molar-refractivity contribution is -0.134. The first-order chi connectivity index (χ1) is 12.3. The first-order valence-corrected chi connectivity index (χ1v) is 8.38. The third kappa shape index (κ3) is 2.94. The summed E-state index contributed by atoms with van der Waals surface area (Å²) >= 11 is 0. The van der Waals surface area contributed by atoms with Crippen LogP contribution in [-0.4, -0.2) is 48.1 Å². The van der Waals surface area contributed by atoms with Crippen LogP contribution in [0.2, 0.25) is 0 Å². The molecule has 0 bridgehead atoms. The SMILES string of the molecule is N#CN1CCO[C@H](C(=O)N2CCc3cc(-c4ccccc4)cnc32)C1. The lowest BCUT2D eigenvalue weighted by Gasteiger charge is -2.30. The van der Waals surface area contributed by atoms with E-state index in [1.165, 1.54) is 0 Å². The largest absolute Gasteiger partial charge is 0.365 e. The standard InChI is InChI=1S/C19H18N4O2/c20-13-22-8-9-25-17(12-22)19(24)23-7-6-15-10-16(11-21-18(15)23)14-4-2-1-3-5-14/h1-5,10-11,17H,6-9,12H2/t17-/m0/s1. The molecule has 1 amide bonds. The van der Waals surface area contributed by atoms with Crippen LogP contribution in [0.1, 0.15) is 5.56 Å². The summed E-state index contributed by atoms with van der Waals surface area (Å²) in [4.78, 5) is 20.6. The molecule has 1 fully saturated rings. The first-order valence-electron chi connectivity index (χ1n) is 8.38. The summed E-state index contributed by atoms with van der Waals surface area (Å²) in [6.45, 7) is 1.84. The minimum Gasteiger partial charge on any atom is -0.365 e. The Morgan fingerprint density at radius 3 is 2.88 bits per heavy atom. The Morgan fingerprint density at radius 1 is 1.24 bits per heavy atom. The summed E-state index contributed by atoms with van der Waals surface area (Å²) in [5.74, 6) is 0.598. The molecule has 0 unspecified atom stereocenters. The van der Waals surface area contributed by atoms with E-state index in [9.17, 15) is 4.79 Å². The van der Waals surface area contributed by atoms with Crippen molar-refractivity contribution in [1.29, 1.82) is 5.26 Å². The number of anilines is 1. The van der Waals surface area contributed by atoms with Gasteiger partial charge in [-0.2, -0.15) is 5.26 Å². The zero-order valence-electron chi connectivity index (χ0n) is 13.8. The van der Waals surface area contributed by atoms with Gasteiger partial charge in [0.1, 0.15) is 5.82 Å². The molecule has 0 N–H and O–H groups in total. The van der Waals surface area contributed by atoms with Gasteiger partial charge in [-0.1, -0.05) is 30.3 Å². The van der Waals surface area contributed by atoms with Gasteiger partial charge in [0.2, 0.25) is 0 Å². The number of carbonyl (C=O) groups is 1. The van der Waals surface area contributed by atoms with Crippen LogP contribution in [0.25, 0.3) is 11.1 Å². The fourth-order valence-electron chi connectivity index (χ4n) is 3.33. The highest BCUT2D eigenvalue weighted by Crippen LogP contribution is 2.30. The lowest BCUT2D eigenvalue weighted by Crippen LogP contribution is -2.49. The molecule has 2 aliphatic rings. The van der Waals surface area contributed by atoms with E-state index in [0.717, 1.165) is 23.1 Å². The van der Waals surface area contributed by atoms with Crippen molar-refractivity contribution in [3.8, 4) is 17.3 Å². The molecular formula is C19H18N4O2. The highest BCUT2D eigenvalue weighted by atomic mass is 16.5. The molecular weight excluding hydrogens is 316 g/mol. The van der Waals surface area contributed by atoms with Crippen molar-refractivity contribution in [1.82, 2.24) is 9.88 Å². The number of carbonyl (C=O) groups excluding carboxylic acids is 1. The van der Waals surface area contributed by atoms with E-state index in [4.69, 9.17) is 10.00 Å². The van der Waals surface area contributed by atoms with Gasteiger partial charge in [-0.3, -0.25) is 9.69 Å². The maximum Gasteiger partial charge on any atom is 0.259 e. The molecule has 1 atom stereocenters. The highest BCUT2D eigenvalue weighted by Gasteiger charge is 2.34. The Morgan fingerprint density at radius 2 is 2.08 bits per heavy atom. The Hall–Kier alpha value is -2.91. The van der Waals surface area contributed by atoms with Gasteiger partial charge in [0.05, 0.1) is 19.7 Å². The van der Waals surface area contributed by atoms with Crippen molar-refractivity contribution in [3.05, 3.63) is 48.2 Å². The molecule has 0 saturated carbocycles. The van der Waals surface area contributed by atoms with Gasteiger partial charge < -0.3 is 9.64 Å². The molecule has 1 aromatic carbocycles. The first kappa shape index (κ1) is 15.6. The van der Waals surface area contributed by atoms with Gasteiger partial charge in [0, 0.05) is 18.3 Å². The molecule has 2 aromatic rings.